The molecule has 2 nitrogen and oxygen atoms in total. The summed E-state index contributed by atoms with van der Waals surface area (Å²) >= 11 is 0. The Balaban J connectivity index is 1.30. The van der Waals surface area contributed by atoms with Gasteiger partial charge >= 0.3 is 0 Å². The van der Waals surface area contributed by atoms with Gasteiger partial charge in [-0.25, -0.2) is 0 Å². The van der Waals surface area contributed by atoms with Crippen LogP contribution in [0.1, 0.15) is 49.1 Å². The Bertz CT molecular complexity index is 585. The monoisotopic (exact) mass is 323 g/mol. The van der Waals surface area contributed by atoms with Crippen molar-refractivity contribution in [2.75, 3.05) is 19.6 Å². The molecule has 1 heterocycles. The maximum Gasteiger partial charge on any atom is 0.115 e. The molecule has 128 valence electrons. The zero-order valence-electron chi connectivity index (χ0n) is 14.5. The van der Waals surface area contributed by atoms with Gasteiger partial charge in [-0.05, 0) is 80.9 Å². The predicted molar refractivity (Wildman–Crippen MR) is 101 cm³/mol. The van der Waals surface area contributed by atoms with Gasteiger partial charge in [0.1, 0.15) is 5.75 Å². The fourth-order valence-corrected chi connectivity index (χ4v) is 3.72. The first-order valence-electron chi connectivity index (χ1n) is 9.36. The van der Waals surface area contributed by atoms with Crippen LogP contribution in [0.3, 0.4) is 0 Å². The molecule has 1 N–H and O–H groups in total. The van der Waals surface area contributed by atoms with Gasteiger partial charge in [0.05, 0.1) is 0 Å². The van der Waals surface area contributed by atoms with Gasteiger partial charge in [-0.3, -0.25) is 0 Å². The summed E-state index contributed by atoms with van der Waals surface area (Å²) in [5, 5.41) is 9.40. The highest BCUT2D eigenvalue weighted by atomic mass is 16.3. The summed E-state index contributed by atoms with van der Waals surface area (Å²) in [7, 11) is 0. The fraction of sp³-hybridized carbons (Fsp3) is 0.455. The molecule has 24 heavy (non-hydrogen) atoms. The molecule has 1 aliphatic rings. The van der Waals surface area contributed by atoms with Crippen LogP contribution in [0, 0.1) is 0 Å². The Morgan fingerprint density at radius 1 is 0.833 bits per heavy atom. The number of phenols is 1. The predicted octanol–water partition coefficient (Wildman–Crippen LogP) is 4.98. The van der Waals surface area contributed by atoms with Crippen molar-refractivity contribution in [2.45, 2.75) is 44.4 Å². The highest BCUT2D eigenvalue weighted by molar-refractivity contribution is 5.28. The molecule has 0 atom stereocenters. The number of nitrogens with zero attached hydrogens (tertiary/aromatic N) is 1. The Morgan fingerprint density at radius 3 is 2.25 bits per heavy atom. The van der Waals surface area contributed by atoms with Crippen molar-refractivity contribution in [1.29, 1.82) is 0 Å². The third-order valence-electron chi connectivity index (χ3n) is 5.23. The molecule has 3 rings (SSSR count). The first kappa shape index (κ1) is 17.0. The van der Waals surface area contributed by atoms with Gasteiger partial charge in [0.25, 0.3) is 0 Å². The molecule has 0 bridgehead atoms. The minimum atomic E-state index is 0.367. The quantitative estimate of drug-likeness (QED) is 0.726. The van der Waals surface area contributed by atoms with Crippen molar-refractivity contribution in [3.63, 3.8) is 0 Å². The normalized spacial score (nSPS) is 16.3. The molecular formula is C22H29NO. The van der Waals surface area contributed by atoms with Gasteiger partial charge in [0, 0.05) is 0 Å². The maximum absolute atomic E-state index is 9.40. The standard InChI is InChI=1S/C22H29NO/c24-22-12-10-20(11-13-22)21-14-17-23(18-15-21)16-6-2-5-9-19-7-3-1-4-8-19/h1,3-4,7-8,10-13,21,24H,2,5-6,9,14-18H2. The van der Waals surface area contributed by atoms with E-state index in [1.807, 2.05) is 12.1 Å². The molecule has 1 aliphatic heterocycles. The summed E-state index contributed by atoms with van der Waals surface area (Å²) in [4.78, 5) is 2.62. The van der Waals surface area contributed by atoms with Crippen LogP contribution in [0.4, 0.5) is 0 Å². The van der Waals surface area contributed by atoms with Crippen LogP contribution in [0.25, 0.3) is 0 Å². The molecule has 0 aromatic heterocycles. The molecule has 0 radical (unpaired) electrons. The lowest BCUT2D eigenvalue weighted by molar-refractivity contribution is 0.208. The van der Waals surface area contributed by atoms with E-state index in [9.17, 15) is 5.11 Å². The van der Waals surface area contributed by atoms with Crippen LogP contribution >= 0.6 is 0 Å². The number of piperidine rings is 1. The first-order chi connectivity index (χ1) is 11.8. The first-order valence-corrected chi connectivity index (χ1v) is 9.36. The number of hydrogen-bond acceptors (Lipinski definition) is 2. The average molecular weight is 323 g/mol. The van der Waals surface area contributed by atoms with Crippen LogP contribution < -0.4 is 0 Å². The smallest absolute Gasteiger partial charge is 0.115 e. The van der Waals surface area contributed by atoms with E-state index in [4.69, 9.17) is 0 Å². The zero-order chi connectivity index (χ0) is 16.6. The van der Waals surface area contributed by atoms with E-state index in [-0.39, 0.29) is 0 Å². The Hall–Kier alpha value is -1.80. The zero-order valence-corrected chi connectivity index (χ0v) is 14.5. The summed E-state index contributed by atoms with van der Waals surface area (Å²) in [6.07, 6.45) is 7.64. The number of unbranched alkanes of at least 4 members (excludes halogenated alkanes) is 2. The Morgan fingerprint density at radius 2 is 1.54 bits per heavy atom. The van der Waals surface area contributed by atoms with Crippen LogP contribution in [0.5, 0.6) is 5.75 Å². The summed E-state index contributed by atoms with van der Waals surface area (Å²) < 4.78 is 0. The van der Waals surface area contributed by atoms with Crippen molar-refractivity contribution in [3.05, 3.63) is 65.7 Å². The lowest BCUT2D eigenvalue weighted by Crippen LogP contribution is -2.33. The van der Waals surface area contributed by atoms with Crippen LogP contribution in [0.2, 0.25) is 0 Å². The lowest BCUT2D eigenvalue weighted by Gasteiger charge is -2.32. The van der Waals surface area contributed by atoms with E-state index in [1.165, 1.54) is 69.3 Å². The van der Waals surface area contributed by atoms with Gasteiger partial charge in [-0.1, -0.05) is 48.9 Å². The van der Waals surface area contributed by atoms with E-state index < -0.39 is 0 Å². The number of likely N-dealkylation sites (tertiary alicyclic amines) is 1. The second kappa shape index (κ2) is 8.89. The van der Waals surface area contributed by atoms with Crippen LogP contribution in [-0.2, 0) is 6.42 Å². The lowest BCUT2D eigenvalue weighted by atomic mass is 9.89. The minimum Gasteiger partial charge on any atom is -0.508 e. The molecule has 1 saturated heterocycles. The van der Waals surface area contributed by atoms with Crippen molar-refractivity contribution < 1.29 is 5.11 Å². The van der Waals surface area contributed by atoms with Crippen molar-refractivity contribution in [2.24, 2.45) is 0 Å². The van der Waals surface area contributed by atoms with Crippen molar-refractivity contribution in [1.82, 2.24) is 4.90 Å². The molecular weight excluding hydrogens is 294 g/mol. The van der Waals surface area contributed by atoms with Gasteiger partial charge in [-0.2, -0.15) is 0 Å². The molecule has 2 aromatic rings. The highest BCUT2D eigenvalue weighted by Gasteiger charge is 2.20. The molecule has 2 aromatic carbocycles. The van der Waals surface area contributed by atoms with Crippen LogP contribution in [-0.4, -0.2) is 29.6 Å². The van der Waals surface area contributed by atoms with Crippen LogP contribution in [0.15, 0.2) is 54.6 Å². The SMILES string of the molecule is Oc1ccc(C2CCN(CCCCCc3ccccc3)CC2)cc1. The summed E-state index contributed by atoms with van der Waals surface area (Å²) in [5.74, 6) is 1.03. The second-order valence-electron chi connectivity index (χ2n) is 7.00. The van der Waals surface area contributed by atoms with Crippen molar-refractivity contribution in [3.8, 4) is 5.75 Å². The number of rotatable bonds is 7. The van der Waals surface area contributed by atoms with E-state index in [2.05, 4.69) is 47.4 Å². The summed E-state index contributed by atoms with van der Waals surface area (Å²) in [5.41, 5.74) is 2.85. The third kappa shape index (κ3) is 5.10. The Kier molecular flexibility index (Phi) is 6.31. The van der Waals surface area contributed by atoms with E-state index in [0.29, 0.717) is 11.7 Å². The summed E-state index contributed by atoms with van der Waals surface area (Å²) in [6, 6.07) is 18.6. The number of benzene rings is 2. The molecule has 1 fully saturated rings. The second-order valence-corrected chi connectivity index (χ2v) is 7.00. The molecule has 0 unspecified atom stereocenters. The number of phenolic OH excluding ortho intramolecular Hbond substituents is 1. The van der Waals surface area contributed by atoms with Gasteiger partial charge in [0.2, 0.25) is 0 Å². The largest absolute Gasteiger partial charge is 0.508 e. The highest BCUT2D eigenvalue weighted by Crippen LogP contribution is 2.29. The van der Waals surface area contributed by atoms with E-state index >= 15 is 0 Å². The molecule has 0 amide bonds. The molecule has 0 saturated carbocycles. The molecule has 0 spiro atoms. The van der Waals surface area contributed by atoms with Gasteiger partial charge in [0.15, 0.2) is 0 Å². The molecule has 2 heteroatoms. The number of aromatic hydroxyl groups is 1. The van der Waals surface area contributed by atoms with Crippen molar-refractivity contribution >= 4 is 0 Å². The minimum absolute atomic E-state index is 0.367. The molecule has 0 aliphatic carbocycles. The average Bonchev–Trinajstić information content (AvgIpc) is 2.64. The van der Waals surface area contributed by atoms with E-state index in [0.717, 1.165) is 0 Å². The Labute approximate surface area is 146 Å². The maximum atomic E-state index is 9.40. The van der Waals surface area contributed by atoms with Gasteiger partial charge in [-0.15, -0.1) is 0 Å². The number of hydrogen-bond donors (Lipinski definition) is 1. The third-order valence-corrected chi connectivity index (χ3v) is 5.23. The fourth-order valence-electron chi connectivity index (χ4n) is 3.72. The topological polar surface area (TPSA) is 23.5 Å². The summed E-state index contributed by atoms with van der Waals surface area (Å²) in [6.45, 7) is 3.67. The van der Waals surface area contributed by atoms with Gasteiger partial charge < -0.3 is 10.0 Å². The number of aryl methyl sites for hydroxylation is 1. The van der Waals surface area contributed by atoms with E-state index in [1.54, 1.807) is 0 Å².